The third-order valence-electron chi connectivity index (χ3n) is 2.82. The van der Waals surface area contributed by atoms with Crippen molar-refractivity contribution in [2.75, 3.05) is 26.4 Å². The second-order valence-electron chi connectivity index (χ2n) is 4.49. The Bertz CT molecular complexity index is 678. The topological polar surface area (TPSA) is 136 Å². The summed E-state index contributed by atoms with van der Waals surface area (Å²) >= 11 is 0. The minimum Gasteiger partial charge on any atom is -0.478 e. The van der Waals surface area contributed by atoms with Crippen LogP contribution in [0.3, 0.4) is 0 Å². The van der Waals surface area contributed by atoms with Crippen LogP contribution in [0.25, 0.3) is 0 Å². The van der Waals surface area contributed by atoms with E-state index in [4.69, 9.17) is 19.7 Å². The minimum atomic E-state index is -1.47. The zero-order chi connectivity index (χ0) is 18.8. The number of ether oxygens (including phenoxy) is 3. The summed E-state index contributed by atoms with van der Waals surface area (Å²) in [7, 11) is 0. The standard InChI is InChI=1S/C16H16O9/c1-2-13(17)24-7-5-23-6-8-25-16(22)10-3-4-11(14(18)19)12(9-10)15(20)21/h2-4,9H,1,5-8H2,(H,18,19)(H,20,21). The van der Waals surface area contributed by atoms with Crippen molar-refractivity contribution in [3.8, 4) is 0 Å². The van der Waals surface area contributed by atoms with Gasteiger partial charge in [-0.2, -0.15) is 0 Å². The smallest absolute Gasteiger partial charge is 0.338 e. The molecule has 0 saturated carbocycles. The summed E-state index contributed by atoms with van der Waals surface area (Å²) in [6.07, 6.45) is 1.02. The third kappa shape index (κ3) is 6.43. The lowest BCUT2D eigenvalue weighted by atomic mass is 10.0. The first kappa shape index (κ1) is 19.8. The molecule has 9 nitrogen and oxygen atoms in total. The molecule has 0 saturated heterocycles. The molecule has 0 fully saturated rings. The quantitative estimate of drug-likeness (QED) is 0.359. The molecule has 0 atom stereocenters. The van der Waals surface area contributed by atoms with Crippen molar-refractivity contribution in [1.29, 1.82) is 0 Å². The van der Waals surface area contributed by atoms with Gasteiger partial charge in [-0.15, -0.1) is 0 Å². The van der Waals surface area contributed by atoms with Crippen molar-refractivity contribution in [3.63, 3.8) is 0 Å². The van der Waals surface area contributed by atoms with Gasteiger partial charge in [0.1, 0.15) is 13.2 Å². The van der Waals surface area contributed by atoms with Crippen LogP contribution in [0.15, 0.2) is 30.9 Å². The number of carboxylic acids is 2. The molecule has 9 heteroatoms. The van der Waals surface area contributed by atoms with Crippen molar-refractivity contribution in [2.24, 2.45) is 0 Å². The van der Waals surface area contributed by atoms with Crippen molar-refractivity contribution in [3.05, 3.63) is 47.5 Å². The van der Waals surface area contributed by atoms with Gasteiger partial charge in [0.2, 0.25) is 0 Å². The van der Waals surface area contributed by atoms with E-state index in [0.29, 0.717) is 0 Å². The SMILES string of the molecule is C=CC(=O)OCCOCCOC(=O)c1ccc(C(=O)O)c(C(=O)O)c1. The Kier molecular flexibility index (Phi) is 7.80. The van der Waals surface area contributed by atoms with Gasteiger partial charge in [0.25, 0.3) is 0 Å². The van der Waals surface area contributed by atoms with Gasteiger partial charge >= 0.3 is 23.9 Å². The molecule has 1 aromatic rings. The van der Waals surface area contributed by atoms with E-state index in [0.717, 1.165) is 24.3 Å². The van der Waals surface area contributed by atoms with Crippen molar-refractivity contribution >= 4 is 23.9 Å². The summed E-state index contributed by atoms with van der Waals surface area (Å²) in [6, 6.07) is 3.12. The van der Waals surface area contributed by atoms with Gasteiger partial charge in [-0.25, -0.2) is 19.2 Å². The lowest BCUT2D eigenvalue weighted by Crippen LogP contribution is -2.15. The van der Waals surface area contributed by atoms with E-state index in [1.165, 1.54) is 0 Å². The first-order valence-corrected chi connectivity index (χ1v) is 7.01. The summed E-state index contributed by atoms with van der Waals surface area (Å²) in [5.41, 5.74) is -1.04. The fraction of sp³-hybridized carbons (Fsp3) is 0.250. The van der Waals surface area contributed by atoms with E-state index in [1.807, 2.05) is 0 Å². The summed E-state index contributed by atoms with van der Waals surface area (Å²) in [5.74, 6) is -4.28. The molecule has 1 rings (SSSR count). The van der Waals surface area contributed by atoms with Gasteiger partial charge in [-0.3, -0.25) is 0 Å². The Morgan fingerprint density at radius 3 is 2.08 bits per heavy atom. The highest BCUT2D eigenvalue weighted by molar-refractivity contribution is 6.03. The summed E-state index contributed by atoms with van der Waals surface area (Å²) in [6.45, 7) is 3.28. The molecule has 0 spiro atoms. The maximum absolute atomic E-state index is 11.8. The van der Waals surface area contributed by atoms with Crippen LogP contribution >= 0.6 is 0 Å². The summed E-state index contributed by atoms with van der Waals surface area (Å²) < 4.78 is 14.6. The molecule has 0 radical (unpaired) electrons. The molecule has 134 valence electrons. The Hall–Kier alpha value is -3.20. The van der Waals surface area contributed by atoms with Crippen molar-refractivity contribution in [2.45, 2.75) is 0 Å². The number of carboxylic acid groups (broad SMARTS) is 2. The second-order valence-corrected chi connectivity index (χ2v) is 4.49. The van der Waals surface area contributed by atoms with Crippen molar-refractivity contribution < 1.29 is 43.6 Å². The van der Waals surface area contributed by atoms with Crippen LogP contribution in [-0.2, 0) is 19.0 Å². The second kappa shape index (κ2) is 9.83. The van der Waals surface area contributed by atoms with Crippen LogP contribution in [0.1, 0.15) is 31.1 Å². The first-order valence-electron chi connectivity index (χ1n) is 7.01. The number of carbonyl (C=O) groups excluding carboxylic acids is 2. The number of aromatic carboxylic acids is 2. The molecular formula is C16H16O9. The highest BCUT2D eigenvalue weighted by Gasteiger charge is 2.19. The molecule has 0 aromatic heterocycles. The third-order valence-corrected chi connectivity index (χ3v) is 2.82. The molecule has 0 aliphatic rings. The minimum absolute atomic E-state index is 0.0252. The average molecular weight is 352 g/mol. The number of benzene rings is 1. The van der Waals surface area contributed by atoms with Crippen LogP contribution in [0, 0.1) is 0 Å². The number of hydrogen-bond donors (Lipinski definition) is 2. The maximum atomic E-state index is 11.8. The van der Waals surface area contributed by atoms with Gasteiger partial charge < -0.3 is 24.4 Å². The highest BCUT2D eigenvalue weighted by atomic mass is 16.6. The lowest BCUT2D eigenvalue weighted by Gasteiger charge is -2.08. The van der Waals surface area contributed by atoms with E-state index in [9.17, 15) is 19.2 Å². The molecule has 0 aliphatic carbocycles. The van der Waals surface area contributed by atoms with Crippen LogP contribution in [0.5, 0.6) is 0 Å². The normalized spacial score (nSPS) is 9.92. The molecule has 0 heterocycles. The molecule has 0 amide bonds. The van der Waals surface area contributed by atoms with Crippen LogP contribution < -0.4 is 0 Å². The summed E-state index contributed by atoms with van der Waals surface area (Å²) in [5, 5.41) is 17.9. The van der Waals surface area contributed by atoms with E-state index in [1.54, 1.807) is 0 Å². The van der Waals surface area contributed by atoms with Gasteiger partial charge in [0.15, 0.2) is 0 Å². The maximum Gasteiger partial charge on any atom is 0.338 e. The zero-order valence-electron chi connectivity index (χ0n) is 13.1. The molecule has 1 aromatic carbocycles. The molecule has 2 N–H and O–H groups in total. The Labute approximate surface area is 142 Å². The average Bonchev–Trinajstić information content (AvgIpc) is 2.59. The number of carbonyl (C=O) groups is 4. The Balaban J connectivity index is 2.46. The fourth-order valence-corrected chi connectivity index (χ4v) is 1.67. The molecular weight excluding hydrogens is 336 g/mol. The van der Waals surface area contributed by atoms with Gasteiger partial charge in [-0.1, -0.05) is 6.58 Å². The first-order chi connectivity index (χ1) is 11.9. The largest absolute Gasteiger partial charge is 0.478 e. The van der Waals surface area contributed by atoms with Gasteiger partial charge in [0.05, 0.1) is 29.9 Å². The Morgan fingerprint density at radius 1 is 0.920 bits per heavy atom. The van der Waals surface area contributed by atoms with Gasteiger partial charge in [0, 0.05) is 6.08 Å². The summed E-state index contributed by atoms with van der Waals surface area (Å²) in [4.78, 5) is 44.6. The molecule has 0 unspecified atom stereocenters. The number of esters is 2. The van der Waals surface area contributed by atoms with Crippen molar-refractivity contribution in [1.82, 2.24) is 0 Å². The number of hydrogen-bond acceptors (Lipinski definition) is 7. The predicted molar refractivity (Wildman–Crippen MR) is 82.6 cm³/mol. The van der Waals surface area contributed by atoms with Gasteiger partial charge in [-0.05, 0) is 18.2 Å². The van der Waals surface area contributed by atoms with Crippen LogP contribution in [-0.4, -0.2) is 60.5 Å². The number of rotatable bonds is 10. The molecule has 25 heavy (non-hydrogen) atoms. The van der Waals surface area contributed by atoms with E-state index >= 15 is 0 Å². The molecule has 0 aliphatic heterocycles. The predicted octanol–water partition coefficient (Wildman–Crippen LogP) is 0.986. The van der Waals surface area contributed by atoms with E-state index < -0.39 is 35.0 Å². The van der Waals surface area contributed by atoms with Crippen LogP contribution in [0.4, 0.5) is 0 Å². The lowest BCUT2D eigenvalue weighted by molar-refractivity contribution is -0.139. The fourth-order valence-electron chi connectivity index (χ4n) is 1.67. The molecule has 0 bridgehead atoms. The van der Waals surface area contributed by atoms with E-state index in [-0.39, 0.29) is 32.0 Å². The highest BCUT2D eigenvalue weighted by Crippen LogP contribution is 2.13. The van der Waals surface area contributed by atoms with E-state index in [2.05, 4.69) is 11.3 Å². The monoisotopic (exact) mass is 352 g/mol. The van der Waals surface area contributed by atoms with Crippen LogP contribution in [0.2, 0.25) is 0 Å². The zero-order valence-corrected chi connectivity index (χ0v) is 13.1. The Morgan fingerprint density at radius 2 is 1.52 bits per heavy atom.